The van der Waals surface area contributed by atoms with Crippen LogP contribution in [-0.4, -0.2) is 34.2 Å². The molecule has 0 aliphatic heterocycles. The molecule has 0 unspecified atom stereocenters. The largest absolute Gasteiger partial charge is 0.462 e. The molecule has 2 aliphatic rings. The number of nitrogens with zero attached hydrogens (tertiary/aromatic N) is 2. The molecule has 1 heterocycles. The lowest BCUT2D eigenvalue weighted by Gasteiger charge is -2.37. The lowest BCUT2D eigenvalue weighted by Crippen LogP contribution is -2.39. The van der Waals surface area contributed by atoms with Gasteiger partial charge >= 0.3 is 23.8 Å². The van der Waals surface area contributed by atoms with Crippen LogP contribution in [0.1, 0.15) is 75.4 Å². The summed E-state index contributed by atoms with van der Waals surface area (Å²) in [7, 11) is 0. The Morgan fingerprint density at radius 1 is 1.03 bits per heavy atom. The molecule has 0 radical (unpaired) electrons. The van der Waals surface area contributed by atoms with Gasteiger partial charge in [0.25, 0.3) is 0 Å². The van der Waals surface area contributed by atoms with E-state index in [0.29, 0.717) is 18.3 Å². The minimum Gasteiger partial charge on any atom is -0.462 e. The van der Waals surface area contributed by atoms with Crippen molar-refractivity contribution < 1.29 is 23.1 Å². The van der Waals surface area contributed by atoms with Gasteiger partial charge in [0.05, 0.1) is 5.69 Å². The van der Waals surface area contributed by atoms with Gasteiger partial charge in [0, 0.05) is 12.5 Å². The van der Waals surface area contributed by atoms with Crippen LogP contribution < -0.4 is 10.6 Å². The Balaban J connectivity index is 1.20. The number of rotatable bonds is 7. The molecule has 2 aliphatic carbocycles. The van der Waals surface area contributed by atoms with Crippen molar-refractivity contribution in [1.29, 1.82) is 0 Å². The van der Waals surface area contributed by atoms with E-state index < -0.39 is 11.7 Å². The molecule has 0 atom stereocenters. The highest BCUT2D eigenvalue weighted by Gasteiger charge is 2.32. The monoisotopic (exact) mass is 458 g/mol. The van der Waals surface area contributed by atoms with Crippen molar-refractivity contribution in [3.8, 4) is 0 Å². The number of nitrogens with one attached hydrogen (secondary N) is 2. The summed E-state index contributed by atoms with van der Waals surface area (Å²) in [5.74, 6) is 0.212. The number of anilines is 2. The maximum atomic E-state index is 13.7. The second kappa shape index (κ2) is 10.8. The van der Waals surface area contributed by atoms with Crippen molar-refractivity contribution >= 4 is 23.6 Å². The first-order chi connectivity index (χ1) is 16.0. The summed E-state index contributed by atoms with van der Waals surface area (Å²) < 4.78 is 24.6. The molecule has 9 heteroatoms. The average molecular weight is 459 g/mol. The Kier molecular flexibility index (Phi) is 7.57. The van der Waals surface area contributed by atoms with E-state index >= 15 is 0 Å². The third-order valence-corrected chi connectivity index (χ3v) is 6.81. The minimum absolute atomic E-state index is 0.0332. The van der Waals surface area contributed by atoms with Crippen molar-refractivity contribution in [2.75, 3.05) is 5.32 Å². The average Bonchev–Trinajstić information content (AvgIpc) is 3.30. The van der Waals surface area contributed by atoms with E-state index in [9.17, 15) is 14.0 Å². The second-order valence-corrected chi connectivity index (χ2v) is 8.98. The molecule has 33 heavy (non-hydrogen) atoms. The van der Waals surface area contributed by atoms with Crippen molar-refractivity contribution in [3.05, 3.63) is 36.0 Å². The molecule has 2 saturated carbocycles. The fraction of sp³-hybridized carbons (Fsp3) is 0.583. The molecule has 1 amide bonds. The Hall–Kier alpha value is -2.97. The van der Waals surface area contributed by atoms with Crippen LogP contribution in [0.25, 0.3) is 0 Å². The maximum absolute atomic E-state index is 13.7. The van der Waals surface area contributed by atoms with E-state index in [1.807, 2.05) is 6.92 Å². The molecule has 178 valence electrons. The number of aromatic nitrogens is 2. The van der Waals surface area contributed by atoms with Crippen LogP contribution >= 0.6 is 0 Å². The number of halogens is 1. The number of para-hydroxylation sites is 1. The molecule has 2 aromatic rings. The van der Waals surface area contributed by atoms with Crippen LogP contribution in [0.15, 0.2) is 28.7 Å². The molecule has 0 saturated heterocycles. The Morgan fingerprint density at radius 3 is 2.36 bits per heavy atom. The van der Waals surface area contributed by atoms with Crippen molar-refractivity contribution in [1.82, 2.24) is 15.5 Å². The van der Waals surface area contributed by atoms with E-state index in [-0.39, 0.29) is 35.7 Å². The summed E-state index contributed by atoms with van der Waals surface area (Å²) in [6, 6.07) is 6.16. The van der Waals surface area contributed by atoms with Gasteiger partial charge in [-0.15, -0.1) is 5.10 Å². The quantitative estimate of drug-likeness (QED) is 0.577. The van der Waals surface area contributed by atoms with Crippen LogP contribution in [0.5, 0.6) is 0 Å². The van der Waals surface area contributed by atoms with Crippen LogP contribution in [0, 0.1) is 17.7 Å². The molecule has 2 fully saturated rings. The van der Waals surface area contributed by atoms with Gasteiger partial charge in [-0.05, 0) is 75.3 Å². The number of amides is 1. The Bertz CT molecular complexity index is 949. The smallest absolute Gasteiger partial charge is 0.320 e. The van der Waals surface area contributed by atoms with Gasteiger partial charge in [-0.3, -0.25) is 9.59 Å². The van der Waals surface area contributed by atoms with E-state index in [2.05, 4.69) is 20.8 Å². The van der Waals surface area contributed by atoms with Gasteiger partial charge in [0.1, 0.15) is 11.9 Å². The van der Waals surface area contributed by atoms with Gasteiger partial charge in [0.15, 0.2) is 0 Å². The molecule has 1 aromatic carbocycles. The predicted octanol–water partition coefficient (Wildman–Crippen LogP) is 4.75. The summed E-state index contributed by atoms with van der Waals surface area (Å²) >= 11 is 0. The maximum Gasteiger partial charge on any atom is 0.320 e. The molecule has 1 aromatic heterocycles. The number of benzene rings is 1. The third kappa shape index (κ3) is 6.09. The summed E-state index contributed by atoms with van der Waals surface area (Å²) in [4.78, 5) is 24.0. The molecule has 0 spiro atoms. The van der Waals surface area contributed by atoms with Crippen LogP contribution in [0.3, 0.4) is 0 Å². The Morgan fingerprint density at radius 2 is 1.70 bits per heavy atom. The number of carbonyl (C=O) groups excluding carboxylic acids is 2. The van der Waals surface area contributed by atoms with E-state index in [1.54, 1.807) is 18.2 Å². The topological polar surface area (TPSA) is 106 Å². The van der Waals surface area contributed by atoms with E-state index in [4.69, 9.17) is 9.15 Å². The predicted molar refractivity (Wildman–Crippen MR) is 119 cm³/mol. The van der Waals surface area contributed by atoms with Gasteiger partial charge in [-0.25, -0.2) is 4.39 Å². The normalized spacial score (nSPS) is 25.3. The zero-order valence-electron chi connectivity index (χ0n) is 18.9. The zero-order chi connectivity index (χ0) is 23.2. The first-order valence-corrected chi connectivity index (χ1v) is 11.9. The van der Waals surface area contributed by atoms with E-state index in [0.717, 1.165) is 51.4 Å². The SMILES string of the molecule is CCC(=O)OC1CCC(C2CCC(NC(=O)c3nnc(Nc4ccccc4F)o3)CC2)CC1. The number of ether oxygens (including phenoxy) is 1. The lowest BCUT2D eigenvalue weighted by atomic mass is 9.72. The molecule has 2 N–H and O–H groups in total. The van der Waals surface area contributed by atoms with Crippen molar-refractivity contribution in [2.45, 2.75) is 76.9 Å². The van der Waals surface area contributed by atoms with Crippen molar-refractivity contribution in [3.63, 3.8) is 0 Å². The van der Waals surface area contributed by atoms with Crippen LogP contribution in [0.2, 0.25) is 0 Å². The number of hydrogen-bond acceptors (Lipinski definition) is 7. The van der Waals surface area contributed by atoms with Gasteiger partial charge in [0.2, 0.25) is 0 Å². The highest BCUT2D eigenvalue weighted by atomic mass is 19.1. The van der Waals surface area contributed by atoms with Gasteiger partial charge < -0.3 is 19.8 Å². The summed E-state index contributed by atoms with van der Waals surface area (Å²) in [5.41, 5.74) is 0.198. The lowest BCUT2D eigenvalue weighted by molar-refractivity contribution is -0.150. The first-order valence-electron chi connectivity index (χ1n) is 11.9. The van der Waals surface area contributed by atoms with Gasteiger partial charge in [-0.2, -0.15) is 0 Å². The number of carbonyl (C=O) groups is 2. The second-order valence-electron chi connectivity index (χ2n) is 8.98. The zero-order valence-corrected chi connectivity index (χ0v) is 18.9. The van der Waals surface area contributed by atoms with Crippen LogP contribution in [-0.2, 0) is 9.53 Å². The first kappa shape index (κ1) is 23.2. The standard InChI is InChI=1S/C24H31FN4O4/c1-2-21(30)32-18-13-9-16(10-14-18)15-7-11-17(12-8-15)26-22(31)23-28-29-24(33-23)27-20-6-4-3-5-19(20)25/h3-6,15-18H,2,7-14H2,1H3,(H,26,31)(H,27,29). The molecular formula is C24H31FN4O4. The van der Waals surface area contributed by atoms with E-state index in [1.165, 1.54) is 6.07 Å². The molecule has 0 bridgehead atoms. The number of esters is 1. The molecular weight excluding hydrogens is 427 g/mol. The summed E-state index contributed by atoms with van der Waals surface area (Å²) in [6.07, 6.45) is 8.58. The van der Waals surface area contributed by atoms with Gasteiger partial charge in [-0.1, -0.05) is 24.2 Å². The fourth-order valence-corrected chi connectivity index (χ4v) is 4.97. The fourth-order valence-electron chi connectivity index (χ4n) is 4.97. The van der Waals surface area contributed by atoms with Crippen molar-refractivity contribution in [2.24, 2.45) is 11.8 Å². The number of hydrogen-bond donors (Lipinski definition) is 2. The molecule has 4 rings (SSSR count). The highest BCUT2D eigenvalue weighted by molar-refractivity contribution is 5.89. The van der Waals surface area contributed by atoms with Crippen LogP contribution in [0.4, 0.5) is 16.1 Å². The third-order valence-electron chi connectivity index (χ3n) is 6.81. The molecule has 8 nitrogen and oxygen atoms in total. The Labute approximate surface area is 192 Å². The summed E-state index contributed by atoms with van der Waals surface area (Å²) in [5, 5.41) is 13.2. The highest BCUT2D eigenvalue weighted by Crippen LogP contribution is 2.39. The minimum atomic E-state index is -0.450. The summed E-state index contributed by atoms with van der Waals surface area (Å²) in [6.45, 7) is 1.82.